The van der Waals surface area contributed by atoms with E-state index in [0.29, 0.717) is 0 Å². The topological polar surface area (TPSA) is 49.2 Å². The zero-order valence-corrected chi connectivity index (χ0v) is 30.3. The summed E-state index contributed by atoms with van der Waals surface area (Å²) in [7, 11) is 0. The summed E-state index contributed by atoms with van der Waals surface area (Å²) in [4.78, 5) is 12.3. The largest absolute Gasteiger partial charge is 0.507 e. The summed E-state index contributed by atoms with van der Waals surface area (Å²) in [6, 6.07) is 37.6. The maximum atomic E-state index is 11.0. The van der Waals surface area contributed by atoms with Gasteiger partial charge >= 0.3 is 0 Å². The Kier molecular flexibility index (Phi) is 8.94. The van der Waals surface area contributed by atoms with Crippen LogP contribution in [0.2, 0.25) is 0 Å². The average Bonchev–Trinajstić information content (AvgIpc) is 3.05. The SMILES string of the molecule is Cc1ccc(-c2cc(-c3cccc(N(c4cc(C(C)(C)C)cc(C(C)(C)C)c4)c4ccccn4)n3)cc(-c3ccccc3O)c2C)c(C)c1. The zero-order valence-electron chi connectivity index (χ0n) is 30.3. The van der Waals surface area contributed by atoms with E-state index in [4.69, 9.17) is 9.97 Å². The van der Waals surface area contributed by atoms with Gasteiger partial charge in [0.2, 0.25) is 0 Å². The lowest BCUT2D eigenvalue weighted by Crippen LogP contribution is -2.20. The third-order valence-electron chi connectivity index (χ3n) is 9.32. The van der Waals surface area contributed by atoms with E-state index in [0.717, 1.165) is 50.8 Å². The van der Waals surface area contributed by atoms with Crippen LogP contribution in [0.4, 0.5) is 17.3 Å². The van der Waals surface area contributed by atoms with Gasteiger partial charge in [-0.15, -0.1) is 0 Å². The standard InChI is InChI=1S/C45H47N3O/c1-29-20-21-36(30(2)23-29)38-24-32(25-39(31(38)3)37-15-10-11-17-41(37)49)40-16-14-19-43(47-40)48(42-18-12-13-22-46-42)35-27-33(44(4,5)6)26-34(28-35)45(7,8)9/h10-28,49H,1-9H3. The second-order valence-electron chi connectivity index (χ2n) is 15.2. The lowest BCUT2D eigenvalue weighted by Gasteiger charge is -2.30. The molecular formula is C45H47N3O. The fraction of sp³-hybridized carbons (Fsp3) is 0.244. The molecule has 4 aromatic carbocycles. The summed E-state index contributed by atoms with van der Waals surface area (Å²) in [5.74, 6) is 1.83. The van der Waals surface area contributed by atoms with Crippen molar-refractivity contribution in [1.29, 1.82) is 0 Å². The monoisotopic (exact) mass is 645 g/mol. The molecule has 0 unspecified atom stereocenters. The molecule has 0 spiro atoms. The molecule has 2 aromatic heterocycles. The minimum Gasteiger partial charge on any atom is -0.507 e. The van der Waals surface area contributed by atoms with Crippen LogP contribution in [-0.4, -0.2) is 15.1 Å². The number of benzene rings is 4. The van der Waals surface area contributed by atoms with Gasteiger partial charge in [-0.1, -0.05) is 102 Å². The van der Waals surface area contributed by atoms with E-state index in [2.05, 4.69) is 134 Å². The molecule has 4 nitrogen and oxygen atoms in total. The predicted molar refractivity (Wildman–Crippen MR) is 206 cm³/mol. The number of hydrogen-bond donors (Lipinski definition) is 1. The van der Waals surface area contributed by atoms with Crippen molar-refractivity contribution in [2.24, 2.45) is 0 Å². The Morgan fingerprint density at radius 3 is 1.82 bits per heavy atom. The molecule has 0 bridgehead atoms. The van der Waals surface area contributed by atoms with Crippen molar-refractivity contribution < 1.29 is 5.11 Å². The van der Waals surface area contributed by atoms with Gasteiger partial charge in [-0.2, -0.15) is 0 Å². The number of aromatic hydroxyl groups is 1. The van der Waals surface area contributed by atoms with Crippen LogP contribution in [0, 0.1) is 20.8 Å². The number of phenolic OH excluding ortho intramolecular Hbond substituents is 1. The molecule has 6 aromatic rings. The zero-order chi connectivity index (χ0) is 35.1. The highest BCUT2D eigenvalue weighted by Crippen LogP contribution is 2.42. The molecule has 0 fully saturated rings. The first-order chi connectivity index (χ1) is 23.2. The number of aromatic nitrogens is 2. The number of phenols is 1. The van der Waals surface area contributed by atoms with Crippen molar-refractivity contribution in [2.75, 3.05) is 4.90 Å². The van der Waals surface area contributed by atoms with E-state index in [-0.39, 0.29) is 16.6 Å². The molecule has 6 rings (SSSR count). The van der Waals surface area contributed by atoms with E-state index in [1.807, 2.05) is 42.6 Å². The summed E-state index contributed by atoms with van der Waals surface area (Å²) in [6.45, 7) is 20.0. The molecule has 49 heavy (non-hydrogen) atoms. The molecule has 4 heteroatoms. The van der Waals surface area contributed by atoms with E-state index in [1.165, 1.54) is 27.8 Å². The molecule has 248 valence electrons. The quantitative estimate of drug-likeness (QED) is 0.196. The fourth-order valence-corrected chi connectivity index (χ4v) is 6.42. The van der Waals surface area contributed by atoms with Gasteiger partial charge in [0.15, 0.2) is 0 Å². The molecule has 1 N–H and O–H groups in total. The van der Waals surface area contributed by atoms with Crippen LogP contribution in [0.5, 0.6) is 5.75 Å². The number of anilines is 3. The van der Waals surface area contributed by atoms with Gasteiger partial charge in [-0.05, 0) is 125 Å². The highest BCUT2D eigenvalue weighted by Gasteiger charge is 2.25. The second-order valence-corrected chi connectivity index (χ2v) is 15.2. The number of pyridine rings is 2. The van der Waals surface area contributed by atoms with Crippen LogP contribution in [0.3, 0.4) is 0 Å². The van der Waals surface area contributed by atoms with Crippen LogP contribution >= 0.6 is 0 Å². The van der Waals surface area contributed by atoms with E-state index >= 15 is 0 Å². The van der Waals surface area contributed by atoms with Crippen molar-refractivity contribution >= 4 is 17.3 Å². The first-order valence-electron chi connectivity index (χ1n) is 17.1. The van der Waals surface area contributed by atoms with Gasteiger partial charge < -0.3 is 5.11 Å². The predicted octanol–water partition coefficient (Wildman–Crippen LogP) is 12.2. The van der Waals surface area contributed by atoms with Gasteiger partial charge in [0.1, 0.15) is 17.4 Å². The maximum Gasteiger partial charge on any atom is 0.139 e. The van der Waals surface area contributed by atoms with Crippen molar-refractivity contribution in [2.45, 2.75) is 73.1 Å². The summed E-state index contributed by atoms with van der Waals surface area (Å²) in [5, 5.41) is 11.0. The number of aryl methyl sites for hydroxylation is 2. The van der Waals surface area contributed by atoms with E-state index in [1.54, 1.807) is 6.07 Å². The third kappa shape index (κ3) is 7.00. The Morgan fingerprint density at radius 1 is 0.571 bits per heavy atom. The first-order valence-corrected chi connectivity index (χ1v) is 17.1. The lowest BCUT2D eigenvalue weighted by molar-refractivity contribution is 0.477. The second kappa shape index (κ2) is 13.0. The molecule has 0 atom stereocenters. The molecule has 0 aliphatic heterocycles. The number of hydrogen-bond acceptors (Lipinski definition) is 4. The Balaban J connectivity index is 1.59. The Bertz CT molecular complexity index is 2100. The van der Waals surface area contributed by atoms with Crippen LogP contribution in [0.25, 0.3) is 33.5 Å². The molecule has 0 saturated heterocycles. The van der Waals surface area contributed by atoms with Crippen LogP contribution in [-0.2, 0) is 10.8 Å². The Hall–Kier alpha value is -5.22. The maximum absolute atomic E-state index is 11.0. The average molecular weight is 646 g/mol. The summed E-state index contributed by atoms with van der Waals surface area (Å²) in [5.41, 5.74) is 12.9. The van der Waals surface area contributed by atoms with Gasteiger partial charge in [-0.3, -0.25) is 4.90 Å². The van der Waals surface area contributed by atoms with Crippen LogP contribution in [0.15, 0.2) is 115 Å². The summed E-state index contributed by atoms with van der Waals surface area (Å²) < 4.78 is 0. The van der Waals surface area contributed by atoms with Crippen LogP contribution in [0.1, 0.15) is 69.4 Å². The highest BCUT2D eigenvalue weighted by atomic mass is 16.3. The third-order valence-corrected chi connectivity index (χ3v) is 9.32. The molecule has 0 aliphatic rings. The number of rotatable bonds is 6. The van der Waals surface area contributed by atoms with Crippen molar-refractivity contribution in [1.82, 2.24) is 9.97 Å². The van der Waals surface area contributed by atoms with Crippen molar-refractivity contribution in [3.63, 3.8) is 0 Å². The van der Waals surface area contributed by atoms with Crippen LogP contribution < -0.4 is 4.90 Å². The van der Waals surface area contributed by atoms with Gasteiger partial charge in [-0.25, -0.2) is 9.97 Å². The lowest BCUT2D eigenvalue weighted by atomic mass is 9.80. The van der Waals surface area contributed by atoms with Gasteiger partial charge in [0.05, 0.1) is 5.69 Å². The Labute approximate surface area is 292 Å². The normalized spacial score (nSPS) is 11.9. The van der Waals surface area contributed by atoms with E-state index in [9.17, 15) is 5.11 Å². The van der Waals surface area contributed by atoms with Gasteiger partial charge in [0, 0.05) is 23.0 Å². The van der Waals surface area contributed by atoms with Crippen molar-refractivity contribution in [3.05, 3.63) is 143 Å². The minimum atomic E-state index is -0.0487. The minimum absolute atomic E-state index is 0.0487. The number of nitrogens with zero attached hydrogens (tertiary/aromatic N) is 3. The van der Waals surface area contributed by atoms with Crippen molar-refractivity contribution in [3.8, 4) is 39.3 Å². The molecule has 0 aliphatic carbocycles. The summed E-state index contributed by atoms with van der Waals surface area (Å²) >= 11 is 0. The summed E-state index contributed by atoms with van der Waals surface area (Å²) in [6.07, 6.45) is 1.83. The molecular weight excluding hydrogens is 599 g/mol. The Morgan fingerprint density at radius 2 is 1.20 bits per heavy atom. The smallest absolute Gasteiger partial charge is 0.139 e. The first kappa shape index (κ1) is 33.7. The van der Waals surface area contributed by atoms with E-state index < -0.39 is 0 Å². The fourth-order valence-electron chi connectivity index (χ4n) is 6.42. The van der Waals surface area contributed by atoms with Gasteiger partial charge in [0.25, 0.3) is 0 Å². The molecule has 0 saturated carbocycles. The molecule has 0 radical (unpaired) electrons. The number of para-hydroxylation sites is 1. The highest BCUT2D eigenvalue weighted by molar-refractivity contribution is 5.87. The molecule has 2 heterocycles. The molecule has 0 amide bonds.